The van der Waals surface area contributed by atoms with Gasteiger partial charge in [-0.25, -0.2) is 8.42 Å². The predicted octanol–water partition coefficient (Wildman–Crippen LogP) is 2.93. The molecule has 0 amide bonds. The van der Waals surface area contributed by atoms with Gasteiger partial charge in [0.05, 0.1) is 6.04 Å². The maximum absolute atomic E-state index is 13.0. The number of rotatable bonds is 4. The summed E-state index contributed by atoms with van der Waals surface area (Å²) in [5, 5.41) is 7.85. The Morgan fingerprint density at radius 2 is 2.00 bits per heavy atom. The standard InChI is InChI=1S/C15H21N3O4S/c1-9(2)14-8-12(17-22-14)13-6-5-7-18(13)23(19,20)15-10(3)16-21-11(15)4/h8-9,13H,5-7H2,1-4H3. The van der Waals surface area contributed by atoms with Crippen LogP contribution in [0.4, 0.5) is 0 Å². The Bertz CT molecular complexity index is 787. The van der Waals surface area contributed by atoms with Crippen LogP contribution in [0.2, 0.25) is 0 Å². The fourth-order valence-corrected chi connectivity index (χ4v) is 4.98. The van der Waals surface area contributed by atoms with E-state index in [-0.39, 0.29) is 16.9 Å². The first kappa shape index (κ1) is 16.2. The minimum atomic E-state index is -3.67. The van der Waals surface area contributed by atoms with Crippen molar-refractivity contribution in [2.45, 2.75) is 57.4 Å². The molecule has 8 heteroatoms. The zero-order valence-corrected chi connectivity index (χ0v) is 14.6. The number of hydrogen-bond acceptors (Lipinski definition) is 6. The molecule has 23 heavy (non-hydrogen) atoms. The van der Waals surface area contributed by atoms with Crippen molar-refractivity contribution >= 4 is 10.0 Å². The van der Waals surface area contributed by atoms with E-state index in [0.29, 0.717) is 23.7 Å². The molecule has 1 saturated heterocycles. The lowest BCUT2D eigenvalue weighted by Gasteiger charge is -2.22. The Morgan fingerprint density at radius 1 is 1.26 bits per heavy atom. The van der Waals surface area contributed by atoms with Crippen LogP contribution in [-0.2, 0) is 10.0 Å². The van der Waals surface area contributed by atoms with Crippen molar-refractivity contribution in [3.63, 3.8) is 0 Å². The van der Waals surface area contributed by atoms with Crippen molar-refractivity contribution in [2.75, 3.05) is 6.54 Å². The Labute approximate surface area is 135 Å². The molecule has 0 bridgehead atoms. The molecule has 0 radical (unpaired) electrons. The fourth-order valence-electron chi connectivity index (χ4n) is 3.02. The molecule has 1 aliphatic rings. The van der Waals surface area contributed by atoms with Crippen LogP contribution in [0.15, 0.2) is 20.0 Å². The van der Waals surface area contributed by atoms with Gasteiger partial charge in [-0.05, 0) is 26.7 Å². The highest BCUT2D eigenvalue weighted by atomic mass is 32.2. The van der Waals surface area contributed by atoms with Crippen LogP contribution >= 0.6 is 0 Å². The minimum Gasteiger partial charge on any atom is -0.361 e. The molecular formula is C15H21N3O4S. The number of aromatic nitrogens is 2. The maximum Gasteiger partial charge on any atom is 0.249 e. The molecule has 0 aromatic carbocycles. The summed E-state index contributed by atoms with van der Waals surface area (Å²) in [5.41, 5.74) is 1.05. The summed E-state index contributed by atoms with van der Waals surface area (Å²) in [7, 11) is -3.67. The van der Waals surface area contributed by atoms with E-state index in [2.05, 4.69) is 10.3 Å². The zero-order chi connectivity index (χ0) is 16.8. The van der Waals surface area contributed by atoms with Crippen molar-refractivity contribution in [3.8, 4) is 0 Å². The first-order valence-corrected chi connectivity index (χ1v) is 9.17. The summed E-state index contributed by atoms with van der Waals surface area (Å²) in [5.74, 6) is 1.29. The third kappa shape index (κ3) is 2.70. The van der Waals surface area contributed by atoms with Gasteiger partial charge in [-0.2, -0.15) is 4.31 Å². The summed E-state index contributed by atoms with van der Waals surface area (Å²) in [4.78, 5) is 0.164. The van der Waals surface area contributed by atoms with Gasteiger partial charge in [0.25, 0.3) is 0 Å². The van der Waals surface area contributed by atoms with Gasteiger partial charge in [0.2, 0.25) is 10.0 Å². The third-order valence-electron chi connectivity index (χ3n) is 4.20. The van der Waals surface area contributed by atoms with Crippen LogP contribution in [0, 0.1) is 13.8 Å². The predicted molar refractivity (Wildman–Crippen MR) is 82.4 cm³/mol. The second kappa shape index (κ2) is 5.76. The van der Waals surface area contributed by atoms with Gasteiger partial charge in [0.1, 0.15) is 22.0 Å². The van der Waals surface area contributed by atoms with Gasteiger partial charge < -0.3 is 9.05 Å². The van der Waals surface area contributed by atoms with Gasteiger partial charge in [0, 0.05) is 18.5 Å². The molecule has 0 saturated carbocycles. The molecule has 3 heterocycles. The first-order chi connectivity index (χ1) is 10.8. The average Bonchev–Trinajstić information content (AvgIpc) is 3.17. The largest absolute Gasteiger partial charge is 0.361 e. The number of aryl methyl sites for hydroxylation is 2. The van der Waals surface area contributed by atoms with E-state index in [9.17, 15) is 8.42 Å². The number of hydrogen-bond donors (Lipinski definition) is 0. The highest BCUT2D eigenvalue weighted by molar-refractivity contribution is 7.89. The quantitative estimate of drug-likeness (QED) is 0.851. The second-order valence-electron chi connectivity index (χ2n) is 6.24. The van der Waals surface area contributed by atoms with Crippen LogP contribution in [0.1, 0.15) is 61.6 Å². The smallest absolute Gasteiger partial charge is 0.249 e. The van der Waals surface area contributed by atoms with E-state index in [1.165, 1.54) is 4.31 Å². The van der Waals surface area contributed by atoms with Crippen LogP contribution in [0.3, 0.4) is 0 Å². The highest BCUT2D eigenvalue weighted by Crippen LogP contribution is 2.38. The van der Waals surface area contributed by atoms with Gasteiger partial charge in [0.15, 0.2) is 5.76 Å². The monoisotopic (exact) mass is 339 g/mol. The summed E-state index contributed by atoms with van der Waals surface area (Å²) < 4.78 is 37.9. The molecule has 0 aliphatic carbocycles. The molecule has 1 aliphatic heterocycles. The lowest BCUT2D eigenvalue weighted by Crippen LogP contribution is -2.31. The third-order valence-corrected chi connectivity index (χ3v) is 6.35. The SMILES string of the molecule is Cc1noc(C)c1S(=O)(=O)N1CCCC1c1cc(C(C)C)on1. The van der Waals surface area contributed by atoms with Gasteiger partial charge in [-0.1, -0.05) is 24.2 Å². The van der Waals surface area contributed by atoms with Crippen molar-refractivity contribution in [3.05, 3.63) is 29.0 Å². The topological polar surface area (TPSA) is 89.4 Å². The van der Waals surface area contributed by atoms with Crippen LogP contribution < -0.4 is 0 Å². The first-order valence-electron chi connectivity index (χ1n) is 7.73. The van der Waals surface area contributed by atoms with E-state index < -0.39 is 10.0 Å². The van der Waals surface area contributed by atoms with Crippen LogP contribution in [0.5, 0.6) is 0 Å². The molecule has 1 atom stereocenters. The van der Waals surface area contributed by atoms with Crippen molar-refractivity contribution in [1.82, 2.24) is 14.6 Å². The molecule has 0 N–H and O–H groups in total. The van der Waals surface area contributed by atoms with Gasteiger partial charge in [-0.3, -0.25) is 0 Å². The Kier molecular flexibility index (Phi) is 4.05. The van der Waals surface area contributed by atoms with Crippen molar-refractivity contribution in [2.24, 2.45) is 0 Å². The van der Waals surface area contributed by atoms with E-state index in [1.54, 1.807) is 13.8 Å². The molecule has 3 rings (SSSR count). The van der Waals surface area contributed by atoms with Crippen molar-refractivity contribution in [1.29, 1.82) is 0 Å². The van der Waals surface area contributed by atoms with E-state index in [1.807, 2.05) is 19.9 Å². The Hall–Kier alpha value is -1.67. The zero-order valence-electron chi connectivity index (χ0n) is 13.7. The highest BCUT2D eigenvalue weighted by Gasteiger charge is 2.40. The molecule has 2 aromatic rings. The van der Waals surface area contributed by atoms with Crippen molar-refractivity contribution < 1.29 is 17.5 Å². The summed E-state index contributed by atoms with van der Waals surface area (Å²) in [6, 6.07) is 1.56. The minimum absolute atomic E-state index is 0.164. The second-order valence-corrected chi connectivity index (χ2v) is 8.06. The lowest BCUT2D eigenvalue weighted by molar-refractivity contribution is 0.337. The molecule has 2 aromatic heterocycles. The lowest BCUT2D eigenvalue weighted by atomic mass is 10.1. The molecule has 7 nitrogen and oxygen atoms in total. The Morgan fingerprint density at radius 3 is 2.57 bits per heavy atom. The number of nitrogens with zero attached hydrogens (tertiary/aromatic N) is 3. The molecule has 1 fully saturated rings. The van der Waals surface area contributed by atoms with Gasteiger partial charge in [-0.15, -0.1) is 0 Å². The summed E-state index contributed by atoms with van der Waals surface area (Å²) in [6.07, 6.45) is 1.52. The average molecular weight is 339 g/mol. The molecule has 126 valence electrons. The van der Waals surface area contributed by atoms with E-state index in [0.717, 1.165) is 18.6 Å². The summed E-state index contributed by atoms with van der Waals surface area (Å²) in [6.45, 7) is 7.74. The molecule has 0 spiro atoms. The molecular weight excluding hydrogens is 318 g/mol. The van der Waals surface area contributed by atoms with Gasteiger partial charge >= 0.3 is 0 Å². The van der Waals surface area contributed by atoms with Crippen LogP contribution in [-0.4, -0.2) is 29.6 Å². The summed E-state index contributed by atoms with van der Waals surface area (Å²) >= 11 is 0. The Balaban J connectivity index is 1.98. The maximum atomic E-state index is 13.0. The fraction of sp³-hybridized carbons (Fsp3) is 0.600. The van der Waals surface area contributed by atoms with E-state index >= 15 is 0 Å². The molecule has 1 unspecified atom stereocenters. The van der Waals surface area contributed by atoms with Crippen LogP contribution in [0.25, 0.3) is 0 Å². The van der Waals surface area contributed by atoms with E-state index in [4.69, 9.17) is 9.05 Å². The normalized spacial score (nSPS) is 19.8. The number of sulfonamides is 1.